The Morgan fingerprint density at radius 2 is 1.67 bits per heavy atom. The Kier molecular flexibility index (Phi) is 11.7. The summed E-state index contributed by atoms with van der Waals surface area (Å²) in [5, 5.41) is 20.4. The van der Waals surface area contributed by atoms with E-state index in [2.05, 4.69) is 36.2 Å². The van der Waals surface area contributed by atoms with Crippen molar-refractivity contribution in [3.8, 4) is 22.5 Å². The lowest BCUT2D eigenvalue weighted by Gasteiger charge is -2.35. The van der Waals surface area contributed by atoms with Gasteiger partial charge in [0.1, 0.15) is 11.7 Å². The zero-order valence-electron chi connectivity index (χ0n) is 27.5. The van der Waals surface area contributed by atoms with Crippen molar-refractivity contribution in [2.24, 2.45) is 23.3 Å². The molecule has 2 fully saturated rings. The highest BCUT2D eigenvalue weighted by molar-refractivity contribution is 6.02. The number of amides is 3. The van der Waals surface area contributed by atoms with E-state index in [0.29, 0.717) is 42.5 Å². The van der Waals surface area contributed by atoms with E-state index in [4.69, 9.17) is 11.5 Å². The smallest absolute Gasteiger partial charge is 0.270 e. The van der Waals surface area contributed by atoms with Crippen LogP contribution in [0.25, 0.3) is 22.5 Å². The predicted octanol–water partition coefficient (Wildman–Crippen LogP) is 2.95. The van der Waals surface area contributed by atoms with Gasteiger partial charge < -0.3 is 22.1 Å². The number of nitrogens with zero attached hydrogens (tertiary/aromatic N) is 5. The average Bonchev–Trinajstić information content (AvgIpc) is 3.84. The number of aromatic amines is 1. The van der Waals surface area contributed by atoms with Gasteiger partial charge in [0.25, 0.3) is 5.91 Å². The summed E-state index contributed by atoms with van der Waals surface area (Å²) in [6.07, 6.45) is 4.31. The van der Waals surface area contributed by atoms with E-state index in [1.165, 1.54) is 0 Å². The molecule has 2 aromatic carbocycles. The Balaban J connectivity index is 0.00000468. The normalized spacial score (nSPS) is 19.4. The van der Waals surface area contributed by atoms with Gasteiger partial charge >= 0.3 is 0 Å². The molecule has 258 valence electrons. The minimum absolute atomic E-state index is 0. The van der Waals surface area contributed by atoms with Crippen LogP contribution in [0, 0.1) is 18.8 Å². The number of rotatable bonds is 11. The molecule has 1 aliphatic heterocycles. The summed E-state index contributed by atoms with van der Waals surface area (Å²) in [6, 6.07) is 17.8. The Labute approximate surface area is 291 Å². The van der Waals surface area contributed by atoms with Crippen LogP contribution < -0.4 is 27.0 Å². The van der Waals surface area contributed by atoms with Crippen molar-refractivity contribution in [3.05, 3.63) is 77.6 Å². The van der Waals surface area contributed by atoms with Crippen LogP contribution in [0.4, 0.5) is 5.69 Å². The van der Waals surface area contributed by atoms with Crippen LogP contribution in [0.5, 0.6) is 0 Å². The van der Waals surface area contributed by atoms with Crippen LogP contribution in [0.15, 0.2) is 60.7 Å². The second-order valence-electron chi connectivity index (χ2n) is 12.8. The van der Waals surface area contributed by atoms with E-state index >= 15 is 0 Å². The Morgan fingerprint density at radius 3 is 2.27 bits per heavy atom. The molecule has 1 aliphatic carbocycles. The molecule has 0 spiro atoms. The van der Waals surface area contributed by atoms with Gasteiger partial charge in [0.05, 0.1) is 0 Å². The number of primary amides is 1. The molecule has 1 saturated carbocycles. The molecule has 6 rings (SSSR count). The third-order valence-electron chi connectivity index (χ3n) is 9.56. The number of aromatic nitrogens is 5. The molecule has 49 heavy (non-hydrogen) atoms. The summed E-state index contributed by atoms with van der Waals surface area (Å²) < 4.78 is 0. The van der Waals surface area contributed by atoms with Crippen molar-refractivity contribution in [2.45, 2.75) is 57.5 Å². The summed E-state index contributed by atoms with van der Waals surface area (Å²) in [5.74, 6) is -0.285. The number of tetrazole rings is 1. The quantitative estimate of drug-likeness (QED) is 0.157. The largest absolute Gasteiger partial charge is 0.368 e. The predicted molar refractivity (Wildman–Crippen MR) is 189 cm³/mol. The zero-order valence-corrected chi connectivity index (χ0v) is 28.3. The van der Waals surface area contributed by atoms with Crippen LogP contribution in [0.3, 0.4) is 0 Å². The molecule has 4 aromatic rings. The lowest BCUT2D eigenvalue weighted by Crippen LogP contribution is -2.52. The molecule has 14 heteroatoms. The highest BCUT2D eigenvalue weighted by atomic mass is 35.5. The fourth-order valence-electron chi connectivity index (χ4n) is 6.75. The summed E-state index contributed by atoms with van der Waals surface area (Å²) >= 11 is 0. The maximum Gasteiger partial charge on any atom is 0.270 e. The molecule has 0 bridgehead atoms. The highest BCUT2D eigenvalue weighted by Crippen LogP contribution is 2.33. The first-order valence-electron chi connectivity index (χ1n) is 16.6. The monoisotopic (exact) mass is 686 g/mol. The lowest BCUT2D eigenvalue weighted by atomic mass is 9.81. The van der Waals surface area contributed by atoms with Crippen molar-refractivity contribution in [3.63, 3.8) is 0 Å². The third-order valence-corrected chi connectivity index (χ3v) is 9.56. The fraction of sp³-hybridized carbons (Fsp3) is 0.400. The average molecular weight is 687 g/mol. The maximum atomic E-state index is 14.2. The van der Waals surface area contributed by atoms with Crippen LogP contribution in [-0.4, -0.2) is 75.0 Å². The van der Waals surface area contributed by atoms with Gasteiger partial charge in [-0.2, -0.15) is 5.21 Å². The minimum Gasteiger partial charge on any atom is -0.368 e. The van der Waals surface area contributed by atoms with Crippen LogP contribution in [0.1, 0.15) is 53.8 Å². The number of benzene rings is 2. The molecule has 2 aromatic heterocycles. The Bertz CT molecular complexity index is 1720. The number of nitrogens with two attached hydrogens (primary N) is 2. The molecule has 0 unspecified atom stereocenters. The summed E-state index contributed by atoms with van der Waals surface area (Å²) in [7, 11) is 0. The summed E-state index contributed by atoms with van der Waals surface area (Å²) in [4.78, 5) is 46.2. The topological polar surface area (TPSA) is 198 Å². The summed E-state index contributed by atoms with van der Waals surface area (Å²) in [5.41, 5.74) is 17.0. The molecule has 13 nitrogen and oxygen atoms in total. The first-order valence-corrected chi connectivity index (χ1v) is 16.6. The van der Waals surface area contributed by atoms with Crippen molar-refractivity contribution < 1.29 is 14.4 Å². The highest BCUT2D eigenvalue weighted by Gasteiger charge is 2.36. The van der Waals surface area contributed by atoms with Crippen LogP contribution in [0.2, 0.25) is 0 Å². The van der Waals surface area contributed by atoms with Gasteiger partial charge in [-0.25, -0.2) is 4.98 Å². The summed E-state index contributed by atoms with van der Waals surface area (Å²) in [6.45, 7) is 4.15. The van der Waals surface area contributed by atoms with Gasteiger partial charge in [0, 0.05) is 47.4 Å². The SMILES string of the molecule is Cc1nc(C(=O)N[C@@H]2CCNC2)ccc1-c1ccc(C[C@@H](C(N)=O)N(c2ccc(-c3nn[nH]n3)cc2)C(=O)[C@H]2CC[C@H](CN)CC2)cc1.Cl. The number of halogens is 1. The minimum atomic E-state index is -0.914. The van der Waals surface area contributed by atoms with E-state index < -0.39 is 11.9 Å². The molecular weight excluding hydrogens is 644 g/mol. The fourth-order valence-corrected chi connectivity index (χ4v) is 6.75. The molecule has 2 atom stereocenters. The number of hydrogen-bond donors (Lipinski definition) is 5. The first-order chi connectivity index (χ1) is 23.3. The molecule has 1 saturated heterocycles. The molecule has 3 amide bonds. The van der Waals surface area contributed by atoms with Gasteiger partial charge in [-0.3, -0.25) is 19.3 Å². The first kappa shape index (κ1) is 35.6. The standard InChI is InChI=1S/C35H42N10O3.ClH/c1-21-29(14-15-30(39-21)34(47)40-27-16-17-38-20-27)24-6-2-22(3-7-24)18-31(32(37)46)45(35(48)26-8-4-23(19-36)5-9-26)28-12-10-25(11-13-28)33-41-43-44-42-33;/h2-3,6-7,10-15,23,26-27,31,38H,4-5,8-9,16-20,36H2,1H3,(H2,37,46)(H,40,47)(H,41,42,43,44);1H/t23-,26-,27-,31+;/m1./s1. The van der Waals surface area contributed by atoms with E-state index in [1.807, 2.05) is 37.3 Å². The molecule has 2 aliphatic rings. The number of carbonyl (C=O) groups excluding carboxylic acids is 3. The van der Waals surface area contributed by atoms with Gasteiger partial charge in [-0.15, -0.1) is 22.6 Å². The second-order valence-corrected chi connectivity index (χ2v) is 12.8. The number of anilines is 1. The van der Waals surface area contributed by atoms with Crippen molar-refractivity contribution in [1.29, 1.82) is 0 Å². The van der Waals surface area contributed by atoms with Crippen molar-refractivity contribution in [1.82, 2.24) is 36.2 Å². The van der Waals surface area contributed by atoms with Gasteiger partial charge in [-0.1, -0.05) is 30.3 Å². The lowest BCUT2D eigenvalue weighted by molar-refractivity contribution is -0.127. The number of aryl methyl sites for hydroxylation is 1. The van der Waals surface area contributed by atoms with Crippen LogP contribution in [-0.2, 0) is 16.0 Å². The third kappa shape index (κ3) is 8.30. The second kappa shape index (κ2) is 16.1. The van der Waals surface area contributed by atoms with E-state index in [-0.39, 0.29) is 42.6 Å². The van der Waals surface area contributed by atoms with Gasteiger partial charge in [0.15, 0.2) is 0 Å². The van der Waals surface area contributed by atoms with Gasteiger partial charge in [0.2, 0.25) is 17.6 Å². The van der Waals surface area contributed by atoms with Crippen molar-refractivity contribution in [2.75, 3.05) is 24.5 Å². The van der Waals surface area contributed by atoms with Crippen LogP contribution >= 0.6 is 12.4 Å². The van der Waals surface area contributed by atoms with E-state index in [0.717, 1.165) is 60.3 Å². The molecule has 0 radical (unpaired) electrons. The maximum absolute atomic E-state index is 14.2. The van der Waals surface area contributed by atoms with Gasteiger partial charge in [-0.05, 0) is 105 Å². The molecule has 3 heterocycles. The van der Waals surface area contributed by atoms with E-state index in [9.17, 15) is 14.4 Å². The Morgan fingerprint density at radius 1 is 0.959 bits per heavy atom. The van der Waals surface area contributed by atoms with Crippen molar-refractivity contribution >= 4 is 35.8 Å². The Hall–Kier alpha value is -4.72. The van der Waals surface area contributed by atoms with E-state index in [1.54, 1.807) is 35.2 Å². The number of H-pyrrole nitrogens is 1. The molecular formula is C35H43ClN10O3. The number of nitrogens with one attached hydrogen (secondary N) is 3. The molecule has 7 N–H and O–H groups in total. The number of pyridine rings is 1. The number of carbonyl (C=O) groups is 3. The number of hydrogen-bond acceptors (Lipinski definition) is 9. The zero-order chi connectivity index (χ0) is 33.6.